The van der Waals surface area contributed by atoms with Crippen LogP contribution >= 0.6 is 0 Å². The fraction of sp³-hybridized carbons (Fsp3) is 0.440. The quantitative estimate of drug-likeness (QED) is 0.808. The van der Waals surface area contributed by atoms with Crippen LogP contribution in [0.1, 0.15) is 31.2 Å². The van der Waals surface area contributed by atoms with E-state index in [9.17, 15) is 14.7 Å². The average molecular weight is 421 g/mol. The molecule has 31 heavy (non-hydrogen) atoms. The molecule has 0 bridgehead atoms. The standard InChI is InChI=1S/C25H28N2O4/c1-16(29)26-14-25(15-26)23(22(13-28)27(25)24(30)19-10-11-19)18-8-6-17(7-9-18)20-4-3-5-21(12-20)31-2/h3-9,12,19,22-23,28H,10-11,13-15H2,1-2H3/t22-,23-/m1/s1. The zero-order valence-electron chi connectivity index (χ0n) is 18.0. The highest BCUT2D eigenvalue weighted by Crippen LogP contribution is 2.55. The van der Waals surface area contributed by atoms with Crippen LogP contribution in [-0.2, 0) is 9.59 Å². The summed E-state index contributed by atoms with van der Waals surface area (Å²) in [7, 11) is 1.66. The van der Waals surface area contributed by atoms with Gasteiger partial charge in [-0.2, -0.15) is 0 Å². The van der Waals surface area contributed by atoms with E-state index in [2.05, 4.69) is 24.3 Å². The summed E-state index contributed by atoms with van der Waals surface area (Å²) in [6.07, 6.45) is 1.86. The molecule has 6 heteroatoms. The lowest BCUT2D eigenvalue weighted by atomic mass is 9.60. The zero-order valence-corrected chi connectivity index (χ0v) is 18.0. The molecule has 2 aromatic rings. The lowest BCUT2D eigenvalue weighted by molar-refractivity contribution is -0.203. The summed E-state index contributed by atoms with van der Waals surface area (Å²) in [6.45, 7) is 2.59. The van der Waals surface area contributed by atoms with Crippen molar-refractivity contribution in [2.45, 2.75) is 37.3 Å². The molecule has 1 saturated carbocycles. The first-order valence-electron chi connectivity index (χ1n) is 10.9. The molecule has 6 nitrogen and oxygen atoms in total. The summed E-state index contributed by atoms with van der Waals surface area (Å²) in [6, 6.07) is 16.1. The summed E-state index contributed by atoms with van der Waals surface area (Å²) in [4.78, 5) is 28.6. The van der Waals surface area contributed by atoms with E-state index in [0.717, 1.165) is 35.3 Å². The van der Waals surface area contributed by atoms with Crippen molar-refractivity contribution in [2.24, 2.45) is 5.92 Å². The van der Waals surface area contributed by atoms with Crippen LogP contribution in [0.15, 0.2) is 48.5 Å². The maximum Gasteiger partial charge on any atom is 0.226 e. The second kappa shape index (κ2) is 7.38. The normalized spacial score (nSPS) is 23.8. The Bertz CT molecular complexity index is 1010. The van der Waals surface area contributed by atoms with Crippen molar-refractivity contribution in [3.63, 3.8) is 0 Å². The molecule has 1 N–H and O–H groups in total. The van der Waals surface area contributed by atoms with Gasteiger partial charge in [-0.3, -0.25) is 9.59 Å². The number of likely N-dealkylation sites (tertiary alicyclic amines) is 2. The maximum absolute atomic E-state index is 13.0. The number of aliphatic hydroxyl groups is 1. The molecule has 1 spiro atoms. The van der Waals surface area contributed by atoms with Crippen molar-refractivity contribution in [2.75, 3.05) is 26.8 Å². The van der Waals surface area contributed by atoms with Crippen LogP contribution in [0.4, 0.5) is 0 Å². The number of rotatable bonds is 5. The number of ether oxygens (including phenoxy) is 1. The molecule has 2 saturated heterocycles. The molecule has 2 heterocycles. The second-order valence-corrected chi connectivity index (χ2v) is 9.04. The van der Waals surface area contributed by atoms with Gasteiger partial charge in [0.2, 0.25) is 11.8 Å². The van der Waals surface area contributed by atoms with Crippen LogP contribution < -0.4 is 4.74 Å². The Morgan fingerprint density at radius 3 is 2.39 bits per heavy atom. The van der Waals surface area contributed by atoms with Crippen LogP contribution in [0, 0.1) is 5.92 Å². The van der Waals surface area contributed by atoms with E-state index in [1.807, 2.05) is 29.2 Å². The number of aliphatic hydroxyl groups excluding tert-OH is 1. The Labute approximate surface area is 182 Å². The van der Waals surface area contributed by atoms with Crippen LogP contribution in [-0.4, -0.2) is 65.1 Å². The molecule has 1 aliphatic carbocycles. The fourth-order valence-corrected chi connectivity index (χ4v) is 5.41. The molecule has 162 valence electrons. The second-order valence-electron chi connectivity index (χ2n) is 9.04. The highest BCUT2D eigenvalue weighted by molar-refractivity contribution is 5.85. The number of methoxy groups -OCH3 is 1. The predicted octanol–water partition coefficient (Wildman–Crippen LogP) is 2.66. The first-order valence-corrected chi connectivity index (χ1v) is 10.9. The van der Waals surface area contributed by atoms with Gasteiger partial charge in [-0.05, 0) is 41.7 Å². The molecule has 3 aliphatic rings. The van der Waals surface area contributed by atoms with E-state index in [-0.39, 0.29) is 36.3 Å². The number of carbonyl (C=O) groups is 2. The molecular formula is C25H28N2O4. The number of nitrogens with zero attached hydrogens (tertiary/aromatic N) is 2. The van der Waals surface area contributed by atoms with Crippen molar-refractivity contribution >= 4 is 11.8 Å². The van der Waals surface area contributed by atoms with Crippen molar-refractivity contribution in [3.8, 4) is 16.9 Å². The lowest BCUT2D eigenvalue weighted by Gasteiger charge is -2.70. The van der Waals surface area contributed by atoms with Crippen LogP contribution in [0.5, 0.6) is 5.75 Å². The maximum atomic E-state index is 13.0. The summed E-state index contributed by atoms with van der Waals surface area (Å²) in [5, 5.41) is 10.2. The topological polar surface area (TPSA) is 70.1 Å². The first-order chi connectivity index (χ1) is 15.0. The van der Waals surface area contributed by atoms with Gasteiger partial charge in [-0.25, -0.2) is 0 Å². The minimum atomic E-state index is -0.393. The van der Waals surface area contributed by atoms with Crippen molar-refractivity contribution in [1.82, 2.24) is 9.80 Å². The van der Waals surface area contributed by atoms with Gasteiger partial charge in [-0.1, -0.05) is 36.4 Å². The molecule has 0 aromatic heterocycles. The summed E-state index contributed by atoms with van der Waals surface area (Å²) in [5.74, 6) is 1.10. The van der Waals surface area contributed by atoms with Crippen molar-refractivity contribution < 1.29 is 19.4 Å². The van der Waals surface area contributed by atoms with Gasteiger partial charge >= 0.3 is 0 Å². The van der Waals surface area contributed by atoms with E-state index in [0.29, 0.717) is 13.1 Å². The summed E-state index contributed by atoms with van der Waals surface area (Å²) < 4.78 is 5.33. The fourth-order valence-electron chi connectivity index (χ4n) is 5.41. The third-order valence-corrected chi connectivity index (χ3v) is 7.17. The van der Waals surface area contributed by atoms with E-state index in [1.54, 1.807) is 18.9 Å². The van der Waals surface area contributed by atoms with E-state index in [1.165, 1.54) is 0 Å². The minimum Gasteiger partial charge on any atom is -0.497 e. The van der Waals surface area contributed by atoms with Gasteiger partial charge in [-0.15, -0.1) is 0 Å². The molecule has 2 aromatic carbocycles. The molecule has 2 aliphatic heterocycles. The Kier molecular flexibility index (Phi) is 4.77. The van der Waals surface area contributed by atoms with Gasteiger partial charge < -0.3 is 19.6 Å². The summed E-state index contributed by atoms with van der Waals surface area (Å²) in [5.41, 5.74) is 2.87. The lowest BCUT2D eigenvalue weighted by Crippen LogP contribution is -2.86. The SMILES string of the molecule is COc1cccc(-c2ccc([C@@H]3[C@@H](CO)N(C(=O)C4CC4)C34CN(C(C)=O)C4)cc2)c1. The number of hydrogen-bond acceptors (Lipinski definition) is 4. The largest absolute Gasteiger partial charge is 0.497 e. The Morgan fingerprint density at radius 2 is 1.81 bits per heavy atom. The summed E-state index contributed by atoms with van der Waals surface area (Å²) >= 11 is 0. The highest BCUT2D eigenvalue weighted by Gasteiger charge is 2.68. The molecule has 3 fully saturated rings. The van der Waals surface area contributed by atoms with Gasteiger partial charge in [0, 0.05) is 31.8 Å². The van der Waals surface area contributed by atoms with Gasteiger partial charge in [0.05, 0.1) is 25.3 Å². The Hall–Kier alpha value is -2.86. The third kappa shape index (κ3) is 3.12. The first kappa shape index (κ1) is 20.1. The molecule has 2 atom stereocenters. The molecular weight excluding hydrogens is 392 g/mol. The molecule has 2 amide bonds. The molecule has 5 rings (SSSR count). The third-order valence-electron chi connectivity index (χ3n) is 7.17. The van der Waals surface area contributed by atoms with E-state index in [4.69, 9.17) is 4.74 Å². The number of amides is 2. The zero-order chi connectivity index (χ0) is 21.8. The van der Waals surface area contributed by atoms with Gasteiger partial charge in [0.1, 0.15) is 5.75 Å². The van der Waals surface area contributed by atoms with E-state index < -0.39 is 5.54 Å². The minimum absolute atomic E-state index is 0.0233. The number of benzene rings is 2. The molecule has 0 unspecified atom stereocenters. The van der Waals surface area contributed by atoms with Crippen LogP contribution in [0.3, 0.4) is 0 Å². The van der Waals surface area contributed by atoms with Gasteiger partial charge in [0.25, 0.3) is 0 Å². The Morgan fingerprint density at radius 1 is 1.10 bits per heavy atom. The van der Waals surface area contributed by atoms with Crippen molar-refractivity contribution in [1.29, 1.82) is 0 Å². The van der Waals surface area contributed by atoms with Crippen molar-refractivity contribution in [3.05, 3.63) is 54.1 Å². The van der Waals surface area contributed by atoms with E-state index >= 15 is 0 Å². The average Bonchev–Trinajstić information content (AvgIpc) is 3.58. The van der Waals surface area contributed by atoms with Crippen LogP contribution in [0.25, 0.3) is 11.1 Å². The number of hydrogen-bond donors (Lipinski definition) is 1. The Balaban J connectivity index is 1.44. The van der Waals surface area contributed by atoms with Gasteiger partial charge in [0.15, 0.2) is 0 Å². The number of carbonyl (C=O) groups excluding carboxylic acids is 2. The molecule has 0 radical (unpaired) electrons. The highest BCUT2D eigenvalue weighted by atomic mass is 16.5. The monoisotopic (exact) mass is 420 g/mol. The predicted molar refractivity (Wildman–Crippen MR) is 117 cm³/mol. The smallest absolute Gasteiger partial charge is 0.226 e. The van der Waals surface area contributed by atoms with Crippen LogP contribution in [0.2, 0.25) is 0 Å².